The lowest BCUT2D eigenvalue weighted by atomic mass is 10.2. The molecule has 0 radical (unpaired) electrons. The van der Waals surface area contributed by atoms with Crippen LogP contribution >= 0.6 is 22.9 Å². The average molecular weight is 277 g/mol. The average Bonchev–Trinajstić information content (AvgIpc) is 2.98. The van der Waals surface area contributed by atoms with Crippen LogP contribution in [0.2, 0.25) is 5.02 Å². The van der Waals surface area contributed by atoms with Crippen molar-refractivity contribution >= 4 is 33.8 Å². The van der Waals surface area contributed by atoms with Crippen LogP contribution in [-0.4, -0.2) is 4.57 Å². The molecule has 0 aliphatic carbocycles. The minimum absolute atomic E-state index is 0.550. The Hall–Kier alpha value is -1.29. The number of benzene rings is 1. The second-order valence-electron chi connectivity index (χ2n) is 4.28. The Morgan fingerprint density at radius 1 is 1.28 bits per heavy atom. The summed E-state index contributed by atoms with van der Waals surface area (Å²) in [4.78, 5) is 0. The Morgan fingerprint density at radius 2 is 2.17 bits per heavy atom. The van der Waals surface area contributed by atoms with Crippen LogP contribution in [0.3, 0.4) is 0 Å². The van der Waals surface area contributed by atoms with E-state index in [0.717, 1.165) is 22.6 Å². The van der Waals surface area contributed by atoms with E-state index in [9.17, 15) is 0 Å². The van der Waals surface area contributed by atoms with E-state index in [1.807, 2.05) is 18.2 Å². The van der Waals surface area contributed by atoms with Gasteiger partial charge in [-0.25, -0.2) is 0 Å². The van der Waals surface area contributed by atoms with Gasteiger partial charge in [-0.05, 0) is 40.1 Å². The summed E-state index contributed by atoms with van der Waals surface area (Å²) in [5, 5.41) is 6.21. The zero-order chi connectivity index (χ0) is 12.5. The number of thiophene rings is 1. The van der Waals surface area contributed by atoms with Gasteiger partial charge in [-0.1, -0.05) is 17.7 Å². The smallest absolute Gasteiger partial charge is 0.0501 e. The summed E-state index contributed by atoms with van der Waals surface area (Å²) in [6, 6.07) is 8.10. The van der Waals surface area contributed by atoms with Crippen molar-refractivity contribution in [1.82, 2.24) is 4.57 Å². The van der Waals surface area contributed by atoms with Crippen molar-refractivity contribution in [2.45, 2.75) is 13.1 Å². The second-order valence-corrected chi connectivity index (χ2v) is 5.50. The quantitative estimate of drug-likeness (QED) is 0.774. The van der Waals surface area contributed by atoms with E-state index in [1.165, 1.54) is 10.9 Å². The Labute approximate surface area is 115 Å². The van der Waals surface area contributed by atoms with Crippen LogP contribution in [0.15, 0.2) is 41.2 Å². The van der Waals surface area contributed by atoms with Gasteiger partial charge in [0.05, 0.1) is 5.52 Å². The zero-order valence-corrected chi connectivity index (χ0v) is 11.3. The first-order chi connectivity index (χ1) is 8.78. The number of aromatic nitrogens is 1. The lowest BCUT2D eigenvalue weighted by molar-refractivity contribution is 0.833. The third-order valence-corrected chi connectivity index (χ3v) is 4.05. The van der Waals surface area contributed by atoms with E-state index in [1.54, 1.807) is 11.3 Å². The number of rotatable bonds is 3. The van der Waals surface area contributed by atoms with E-state index in [-0.39, 0.29) is 0 Å². The van der Waals surface area contributed by atoms with Gasteiger partial charge in [0.15, 0.2) is 0 Å². The number of nitrogens with two attached hydrogens (primary N) is 1. The molecule has 0 atom stereocenters. The first-order valence-corrected chi connectivity index (χ1v) is 7.08. The zero-order valence-electron chi connectivity index (χ0n) is 9.77. The molecule has 2 heterocycles. The van der Waals surface area contributed by atoms with Crippen LogP contribution in [0.25, 0.3) is 10.9 Å². The molecular formula is C14H13ClN2S. The predicted octanol–water partition coefficient (Wildman–Crippen LogP) is 3.86. The molecule has 2 nitrogen and oxygen atoms in total. The van der Waals surface area contributed by atoms with Crippen molar-refractivity contribution in [3.8, 4) is 0 Å². The minimum Gasteiger partial charge on any atom is -0.343 e. The first kappa shape index (κ1) is 11.8. The number of nitrogens with zero attached hydrogens (tertiary/aromatic N) is 1. The van der Waals surface area contributed by atoms with Crippen LogP contribution < -0.4 is 5.73 Å². The maximum atomic E-state index is 6.08. The van der Waals surface area contributed by atoms with Gasteiger partial charge in [-0.3, -0.25) is 0 Å². The molecule has 0 aliphatic heterocycles. The molecule has 0 saturated heterocycles. The van der Waals surface area contributed by atoms with Gasteiger partial charge in [-0.15, -0.1) is 0 Å². The molecule has 92 valence electrons. The first-order valence-electron chi connectivity index (χ1n) is 5.76. The van der Waals surface area contributed by atoms with Gasteiger partial charge < -0.3 is 10.3 Å². The molecule has 4 heteroatoms. The molecule has 0 saturated carbocycles. The molecule has 18 heavy (non-hydrogen) atoms. The summed E-state index contributed by atoms with van der Waals surface area (Å²) in [5.41, 5.74) is 9.41. The summed E-state index contributed by atoms with van der Waals surface area (Å²) < 4.78 is 2.21. The summed E-state index contributed by atoms with van der Waals surface area (Å²) >= 11 is 7.80. The molecule has 0 spiro atoms. The third kappa shape index (κ3) is 2.05. The van der Waals surface area contributed by atoms with Crippen molar-refractivity contribution in [3.05, 3.63) is 57.4 Å². The van der Waals surface area contributed by atoms with Crippen LogP contribution in [-0.2, 0) is 13.1 Å². The molecule has 3 rings (SSSR count). The van der Waals surface area contributed by atoms with Gasteiger partial charge in [0.25, 0.3) is 0 Å². The lowest BCUT2D eigenvalue weighted by Gasteiger charge is -2.03. The van der Waals surface area contributed by atoms with Crippen molar-refractivity contribution in [1.29, 1.82) is 0 Å². The highest BCUT2D eigenvalue weighted by molar-refractivity contribution is 7.07. The topological polar surface area (TPSA) is 30.9 Å². The number of hydrogen-bond acceptors (Lipinski definition) is 2. The SMILES string of the molecule is NCc1cn(Cc2ccsc2)c2cc(Cl)ccc12. The Bertz CT molecular complexity index is 670. The Kier molecular flexibility index (Phi) is 3.12. The summed E-state index contributed by atoms with van der Waals surface area (Å²) in [7, 11) is 0. The maximum absolute atomic E-state index is 6.08. The fraction of sp³-hybridized carbons (Fsp3) is 0.143. The van der Waals surface area contributed by atoms with Crippen molar-refractivity contribution < 1.29 is 0 Å². The van der Waals surface area contributed by atoms with E-state index in [4.69, 9.17) is 17.3 Å². The fourth-order valence-corrected chi connectivity index (χ4v) is 3.04. The van der Waals surface area contributed by atoms with E-state index in [2.05, 4.69) is 27.6 Å². The highest BCUT2D eigenvalue weighted by atomic mass is 35.5. The molecule has 3 aromatic rings. The van der Waals surface area contributed by atoms with Gasteiger partial charge in [0, 0.05) is 29.7 Å². The molecule has 0 unspecified atom stereocenters. The van der Waals surface area contributed by atoms with Crippen LogP contribution in [0.4, 0.5) is 0 Å². The summed E-state index contributed by atoms with van der Waals surface area (Å²) in [5.74, 6) is 0. The maximum Gasteiger partial charge on any atom is 0.0501 e. The lowest BCUT2D eigenvalue weighted by Crippen LogP contribution is -1.97. The van der Waals surface area contributed by atoms with Gasteiger partial charge in [0.1, 0.15) is 0 Å². The van der Waals surface area contributed by atoms with Gasteiger partial charge in [-0.2, -0.15) is 11.3 Å². The number of hydrogen-bond donors (Lipinski definition) is 1. The monoisotopic (exact) mass is 276 g/mol. The van der Waals surface area contributed by atoms with Crippen LogP contribution in [0.5, 0.6) is 0 Å². The van der Waals surface area contributed by atoms with E-state index < -0.39 is 0 Å². The Morgan fingerprint density at radius 3 is 2.89 bits per heavy atom. The third-order valence-electron chi connectivity index (χ3n) is 3.08. The molecule has 1 aromatic carbocycles. The van der Waals surface area contributed by atoms with Crippen molar-refractivity contribution in [3.63, 3.8) is 0 Å². The highest BCUT2D eigenvalue weighted by Gasteiger charge is 2.08. The number of halogens is 1. The fourth-order valence-electron chi connectivity index (χ4n) is 2.21. The number of fused-ring (bicyclic) bond motifs is 1. The van der Waals surface area contributed by atoms with Gasteiger partial charge in [0.2, 0.25) is 0 Å². The Balaban J connectivity index is 2.13. The minimum atomic E-state index is 0.550. The molecule has 2 N–H and O–H groups in total. The molecule has 0 aliphatic rings. The molecule has 2 aromatic heterocycles. The van der Waals surface area contributed by atoms with Gasteiger partial charge >= 0.3 is 0 Å². The normalized spacial score (nSPS) is 11.2. The van der Waals surface area contributed by atoms with Crippen LogP contribution in [0, 0.1) is 0 Å². The highest BCUT2D eigenvalue weighted by Crippen LogP contribution is 2.25. The second kappa shape index (κ2) is 4.76. The molecule has 0 bridgehead atoms. The largest absolute Gasteiger partial charge is 0.343 e. The summed E-state index contributed by atoms with van der Waals surface area (Å²) in [6.07, 6.45) is 2.12. The van der Waals surface area contributed by atoms with E-state index in [0.29, 0.717) is 6.54 Å². The standard InChI is InChI=1S/C14H13ClN2S/c15-12-1-2-13-11(6-16)8-17(14(13)5-12)7-10-3-4-18-9-10/h1-5,8-9H,6-7,16H2. The van der Waals surface area contributed by atoms with E-state index >= 15 is 0 Å². The molecule has 0 fully saturated rings. The summed E-state index contributed by atoms with van der Waals surface area (Å²) in [6.45, 7) is 1.41. The van der Waals surface area contributed by atoms with Crippen molar-refractivity contribution in [2.75, 3.05) is 0 Å². The molecule has 0 amide bonds. The predicted molar refractivity (Wildman–Crippen MR) is 78.3 cm³/mol. The van der Waals surface area contributed by atoms with Crippen LogP contribution in [0.1, 0.15) is 11.1 Å². The molecular weight excluding hydrogens is 264 g/mol. The van der Waals surface area contributed by atoms with Crippen molar-refractivity contribution in [2.24, 2.45) is 5.73 Å².